The summed E-state index contributed by atoms with van der Waals surface area (Å²) < 4.78 is 0. The van der Waals surface area contributed by atoms with Crippen LogP contribution in [-0.4, -0.2) is 52.6 Å². The zero-order chi connectivity index (χ0) is 22.1. The van der Waals surface area contributed by atoms with E-state index in [9.17, 15) is 0 Å². The Labute approximate surface area is 196 Å². The van der Waals surface area contributed by atoms with Gasteiger partial charge in [0.2, 0.25) is 0 Å². The van der Waals surface area contributed by atoms with Gasteiger partial charge in [-0.1, -0.05) is 29.8 Å². The highest BCUT2D eigenvalue weighted by Gasteiger charge is 2.22. The molecule has 0 spiro atoms. The van der Waals surface area contributed by atoms with Crippen molar-refractivity contribution in [3.05, 3.63) is 71.4 Å². The number of hydrogen-bond acceptors (Lipinski definition) is 2. The van der Waals surface area contributed by atoms with Crippen LogP contribution in [0.5, 0.6) is 0 Å². The van der Waals surface area contributed by atoms with Crippen LogP contribution in [0.1, 0.15) is 36.0 Å². The predicted molar refractivity (Wildman–Crippen MR) is 139 cm³/mol. The topological polar surface area (TPSA) is 34.3 Å². The zero-order valence-corrected chi connectivity index (χ0v) is 19.8. The minimum absolute atomic E-state index is 0.669. The smallest absolute Gasteiger partial charge is 0.173 e. The van der Waals surface area contributed by atoms with Gasteiger partial charge in [-0.3, -0.25) is 0 Å². The van der Waals surface area contributed by atoms with Crippen LogP contribution in [0, 0.1) is 6.92 Å². The number of benzene rings is 2. The van der Waals surface area contributed by atoms with Crippen LogP contribution in [0.3, 0.4) is 0 Å². The average Bonchev–Trinajstić information content (AvgIpc) is 3.41. The molecule has 0 amide bonds. The van der Waals surface area contributed by atoms with Gasteiger partial charge in [-0.2, -0.15) is 0 Å². The third-order valence-corrected chi connectivity index (χ3v) is 7.42. The van der Waals surface area contributed by atoms with E-state index in [4.69, 9.17) is 12.2 Å². The minimum atomic E-state index is 0.669. The standard InChI is InChI=1S/C27H32N4S/c1-19-5-8-23(9-6-19)29-27(32)31-14-11-20(12-15-31)21-7-10-26-25(17-21)22(18-28-26)16-24-4-3-13-30(24)2/h5-11,17-18,24,28H,3-4,12-16H2,1-2H3,(H,29,32)/t24-/m1/s1. The fraction of sp³-hybridized carbons (Fsp3) is 0.370. The summed E-state index contributed by atoms with van der Waals surface area (Å²) in [7, 11) is 2.26. The van der Waals surface area contributed by atoms with Crippen LogP contribution in [-0.2, 0) is 6.42 Å². The summed E-state index contributed by atoms with van der Waals surface area (Å²) >= 11 is 5.67. The number of nitrogens with one attached hydrogen (secondary N) is 2. The molecule has 5 heteroatoms. The Morgan fingerprint density at radius 3 is 2.72 bits per heavy atom. The van der Waals surface area contributed by atoms with E-state index in [0.29, 0.717) is 6.04 Å². The Bertz CT molecular complexity index is 1140. The van der Waals surface area contributed by atoms with Crippen molar-refractivity contribution in [2.75, 3.05) is 32.0 Å². The molecule has 3 aromatic rings. The number of fused-ring (bicyclic) bond motifs is 1. The van der Waals surface area contributed by atoms with Gasteiger partial charge < -0.3 is 20.1 Å². The molecule has 0 bridgehead atoms. The highest BCUT2D eigenvalue weighted by atomic mass is 32.1. The van der Waals surface area contributed by atoms with E-state index in [0.717, 1.165) is 36.7 Å². The second-order valence-electron chi connectivity index (χ2n) is 9.28. The van der Waals surface area contributed by atoms with Gasteiger partial charge >= 0.3 is 0 Å². The molecule has 0 saturated carbocycles. The number of aromatic nitrogens is 1. The molecule has 1 fully saturated rings. The number of aryl methyl sites for hydroxylation is 1. The van der Waals surface area contributed by atoms with Crippen LogP contribution in [0.15, 0.2) is 54.7 Å². The summed E-state index contributed by atoms with van der Waals surface area (Å²) in [5.74, 6) is 0. The van der Waals surface area contributed by atoms with Crippen LogP contribution in [0.4, 0.5) is 5.69 Å². The average molecular weight is 445 g/mol. The molecule has 166 valence electrons. The lowest BCUT2D eigenvalue weighted by atomic mass is 9.96. The quantitative estimate of drug-likeness (QED) is 0.514. The molecule has 0 unspecified atom stereocenters. The van der Waals surface area contributed by atoms with Gasteiger partial charge in [0.15, 0.2) is 5.11 Å². The number of nitrogens with zero attached hydrogens (tertiary/aromatic N) is 2. The summed E-state index contributed by atoms with van der Waals surface area (Å²) in [4.78, 5) is 8.24. The number of hydrogen-bond donors (Lipinski definition) is 2. The number of thiocarbonyl (C=S) groups is 1. The van der Waals surface area contributed by atoms with Gasteiger partial charge in [0, 0.05) is 41.9 Å². The summed E-state index contributed by atoms with van der Waals surface area (Å²) in [6.45, 7) is 5.11. The van der Waals surface area contributed by atoms with E-state index in [1.165, 1.54) is 52.6 Å². The molecule has 1 aromatic heterocycles. The lowest BCUT2D eigenvalue weighted by Crippen LogP contribution is -2.37. The summed E-state index contributed by atoms with van der Waals surface area (Å²) in [5.41, 5.74) is 7.76. The zero-order valence-electron chi connectivity index (χ0n) is 19.0. The maximum atomic E-state index is 5.67. The van der Waals surface area contributed by atoms with Gasteiger partial charge in [-0.25, -0.2) is 0 Å². The fourth-order valence-corrected chi connectivity index (χ4v) is 5.28. The second kappa shape index (κ2) is 9.08. The van der Waals surface area contributed by atoms with E-state index in [2.05, 4.69) is 88.8 Å². The third-order valence-electron chi connectivity index (χ3n) is 7.06. The highest BCUT2D eigenvalue weighted by molar-refractivity contribution is 7.80. The van der Waals surface area contributed by atoms with Crippen molar-refractivity contribution in [2.24, 2.45) is 0 Å². The molecule has 0 aliphatic carbocycles. The Morgan fingerprint density at radius 1 is 1.16 bits per heavy atom. The largest absolute Gasteiger partial charge is 0.361 e. The maximum absolute atomic E-state index is 5.67. The number of likely N-dealkylation sites (tertiary alicyclic amines) is 1. The Balaban J connectivity index is 1.28. The minimum Gasteiger partial charge on any atom is -0.361 e. The van der Waals surface area contributed by atoms with Gasteiger partial charge in [-0.05, 0) is 99.4 Å². The number of rotatable bonds is 4. The van der Waals surface area contributed by atoms with Gasteiger partial charge in [0.05, 0.1) is 0 Å². The molecule has 32 heavy (non-hydrogen) atoms. The van der Waals surface area contributed by atoms with Crippen molar-refractivity contribution in [1.82, 2.24) is 14.8 Å². The Kier molecular flexibility index (Phi) is 6.03. The van der Waals surface area contributed by atoms with E-state index >= 15 is 0 Å². The first-order valence-corrected chi connectivity index (χ1v) is 12.1. The van der Waals surface area contributed by atoms with Crippen LogP contribution < -0.4 is 5.32 Å². The first kappa shape index (κ1) is 21.2. The maximum Gasteiger partial charge on any atom is 0.173 e. The lowest BCUT2D eigenvalue weighted by molar-refractivity contribution is 0.310. The molecule has 5 rings (SSSR count). The number of aromatic amines is 1. The van der Waals surface area contributed by atoms with Crippen LogP contribution in [0.25, 0.3) is 16.5 Å². The number of anilines is 1. The van der Waals surface area contributed by atoms with Crippen molar-refractivity contribution < 1.29 is 0 Å². The Hall–Kier alpha value is -2.63. The van der Waals surface area contributed by atoms with Gasteiger partial charge in [0.1, 0.15) is 0 Å². The monoisotopic (exact) mass is 444 g/mol. The number of likely N-dealkylation sites (N-methyl/N-ethyl adjacent to an activating group) is 1. The second-order valence-corrected chi connectivity index (χ2v) is 9.66. The van der Waals surface area contributed by atoms with Gasteiger partial charge in [-0.15, -0.1) is 0 Å². The SMILES string of the molecule is Cc1ccc(NC(=S)N2CC=C(c3ccc4[nH]cc(C[C@H]5CCCN5C)c4c3)CC2)cc1. The normalized spacial score (nSPS) is 19.4. The van der Waals surface area contributed by atoms with Crippen molar-refractivity contribution in [2.45, 2.75) is 38.6 Å². The van der Waals surface area contributed by atoms with Gasteiger partial charge in [0.25, 0.3) is 0 Å². The molecule has 1 atom stereocenters. The lowest BCUT2D eigenvalue weighted by Gasteiger charge is -2.29. The molecule has 2 aliphatic rings. The first-order valence-electron chi connectivity index (χ1n) is 11.7. The fourth-order valence-electron chi connectivity index (χ4n) is 4.99. The molecule has 4 nitrogen and oxygen atoms in total. The van der Waals surface area contributed by atoms with Crippen molar-refractivity contribution in [3.63, 3.8) is 0 Å². The molecular formula is C27H32N4S. The molecule has 2 aromatic carbocycles. The Morgan fingerprint density at radius 2 is 2.00 bits per heavy atom. The van der Waals surface area contributed by atoms with E-state index in [-0.39, 0.29) is 0 Å². The molecular weight excluding hydrogens is 412 g/mol. The van der Waals surface area contributed by atoms with Crippen LogP contribution in [0.2, 0.25) is 0 Å². The number of H-pyrrole nitrogens is 1. The van der Waals surface area contributed by atoms with Crippen molar-refractivity contribution in [3.8, 4) is 0 Å². The van der Waals surface area contributed by atoms with Crippen LogP contribution >= 0.6 is 12.2 Å². The summed E-state index contributed by atoms with van der Waals surface area (Å²) in [6.07, 6.45) is 9.31. The summed E-state index contributed by atoms with van der Waals surface area (Å²) in [6, 6.07) is 15.9. The van der Waals surface area contributed by atoms with Crippen molar-refractivity contribution >= 4 is 39.5 Å². The molecule has 3 heterocycles. The molecule has 1 saturated heterocycles. The highest BCUT2D eigenvalue weighted by Crippen LogP contribution is 2.29. The van der Waals surface area contributed by atoms with E-state index < -0.39 is 0 Å². The molecule has 2 N–H and O–H groups in total. The third kappa shape index (κ3) is 4.45. The first-order chi connectivity index (χ1) is 15.6. The van der Waals surface area contributed by atoms with E-state index in [1.807, 2.05) is 0 Å². The van der Waals surface area contributed by atoms with Crippen molar-refractivity contribution in [1.29, 1.82) is 0 Å². The van der Waals surface area contributed by atoms with E-state index in [1.54, 1.807) is 0 Å². The summed E-state index contributed by atoms with van der Waals surface area (Å²) in [5, 5.41) is 5.56. The predicted octanol–water partition coefficient (Wildman–Crippen LogP) is 5.60. The molecule has 0 radical (unpaired) electrons. The molecule has 2 aliphatic heterocycles.